The summed E-state index contributed by atoms with van der Waals surface area (Å²) in [5, 5.41) is 0. The number of carbonyl (C=O) groups excluding carboxylic acids is 3. The predicted molar refractivity (Wildman–Crippen MR) is 334 cm³/mol. The van der Waals surface area contributed by atoms with E-state index in [0.29, 0.717) is 19.3 Å². The van der Waals surface area contributed by atoms with E-state index in [1.54, 1.807) is 0 Å². The van der Waals surface area contributed by atoms with Crippen molar-refractivity contribution in [3.05, 3.63) is 122 Å². The molecule has 0 aliphatic rings. The van der Waals surface area contributed by atoms with Crippen LogP contribution in [0.25, 0.3) is 0 Å². The molecule has 0 bridgehead atoms. The lowest BCUT2D eigenvalue weighted by molar-refractivity contribution is -0.167. The molecule has 0 amide bonds. The van der Waals surface area contributed by atoms with E-state index in [0.717, 1.165) is 161 Å². The third-order valence-electron chi connectivity index (χ3n) is 13.5. The van der Waals surface area contributed by atoms with Gasteiger partial charge in [-0.2, -0.15) is 0 Å². The van der Waals surface area contributed by atoms with Crippen LogP contribution in [-0.4, -0.2) is 37.2 Å². The summed E-state index contributed by atoms with van der Waals surface area (Å²) in [4.78, 5) is 38.3. The topological polar surface area (TPSA) is 78.9 Å². The van der Waals surface area contributed by atoms with Crippen LogP contribution in [0.1, 0.15) is 290 Å². The van der Waals surface area contributed by atoms with Crippen molar-refractivity contribution < 1.29 is 28.6 Å². The molecule has 0 spiro atoms. The molecule has 438 valence electrons. The van der Waals surface area contributed by atoms with Gasteiger partial charge in [0.2, 0.25) is 0 Å². The zero-order chi connectivity index (χ0) is 55.7. The minimum absolute atomic E-state index is 0.0936. The lowest BCUT2D eigenvalue weighted by atomic mass is 10.0. The van der Waals surface area contributed by atoms with Crippen LogP contribution in [0.15, 0.2) is 122 Å². The third-order valence-corrected chi connectivity index (χ3v) is 13.5. The van der Waals surface area contributed by atoms with Crippen molar-refractivity contribution in [2.75, 3.05) is 13.2 Å². The summed E-state index contributed by atoms with van der Waals surface area (Å²) < 4.78 is 16.9. The van der Waals surface area contributed by atoms with Crippen LogP contribution in [0.3, 0.4) is 0 Å². The van der Waals surface area contributed by atoms with Crippen molar-refractivity contribution in [3.8, 4) is 0 Å². The summed E-state index contributed by atoms with van der Waals surface area (Å²) in [6.45, 7) is 6.40. The molecular formula is C71H118O6. The van der Waals surface area contributed by atoms with Crippen LogP contribution in [0.2, 0.25) is 0 Å². The van der Waals surface area contributed by atoms with E-state index in [2.05, 4.69) is 142 Å². The second-order valence-electron chi connectivity index (χ2n) is 20.9. The van der Waals surface area contributed by atoms with Crippen LogP contribution >= 0.6 is 0 Å². The largest absolute Gasteiger partial charge is 0.462 e. The molecule has 0 aliphatic carbocycles. The van der Waals surface area contributed by atoms with Gasteiger partial charge in [-0.05, 0) is 109 Å². The van der Waals surface area contributed by atoms with E-state index in [1.807, 2.05) is 0 Å². The third kappa shape index (κ3) is 62.5. The van der Waals surface area contributed by atoms with Crippen molar-refractivity contribution >= 4 is 17.9 Å². The molecular weight excluding hydrogens is 949 g/mol. The Balaban J connectivity index is 4.40. The number of carbonyl (C=O) groups is 3. The lowest BCUT2D eigenvalue weighted by Crippen LogP contribution is -2.30. The molecule has 6 nitrogen and oxygen atoms in total. The van der Waals surface area contributed by atoms with Gasteiger partial charge in [-0.25, -0.2) is 0 Å². The Kier molecular flexibility index (Phi) is 60.8. The quantitative estimate of drug-likeness (QED) is 0.0261. The van der Waals surface area contributed by atoms with Gasteiger partial charge < -0.3 is 14.2 Å². The summed E-state index contributed by atoms with van der Waals surface area (Å²) in [5.74, 6) is -0.921. The second kappa shape index (κ2) is 64.3. The summed E-state index contributed by atoms with van der Waals surface area (Å²) in [6.07, 6.45) is 89.1. The van der Waals surface area contributed by atoms with Crippen LogP contribution in [-0.2, 0) is 28.6 Å². The molecule has 0 radical (unpaired) electrons. The molecule has 0 aromatic rings. The highest BCUT2D eigenvalue weighted by Gasteiger charge is 2.19. The predicted octanol–water partition coefficient (Wildman–Crippen LogP) is 22.0. The Morgan fingerprint density at radius 2 is 0.506 bits per heavy atom. The number of esters is 3. The van der Waals surface area contributed by atoms with Crippen LogP contribution in [0.4, 0.5) is 0 Å². The summed E-state index contributed by atoms with van der Waals surface area (Å²) in [7, 11) is 0. The maximum absolute atomic E-state index is 12.9. The molecule has 77 heavy (non-hydrogen) atoms. The first kappa shape index (κ1) is 72.8. The average molecular weight is 1070 g/mol. The molecule has 0 fully saturated rings. The Morgan fingerprint density at radius 3 is 0.792 bits per heavy atom. The highest BCUT2D eigenvalue weighted by molar-refractivity contribution is 5.71. The fourth-order valence-corrected chi connectivity index (χ4v) is 8.73. The van der Waals surface area contributed by atoms with Gasteiger partial charge in [-0.15, -0.1) is 0 Å². The number of hydrogen-bond acceptors (Lipinski definition) is 6. The number of rotatable bonds is 57. The molecule has 0 aromatic heterocycles. The first-order valence-corrected chi connectivity index (χ1v) is 32.0. The molecule has 1 atom stereocenters. The maximum atomic E-state index is 12.9. The average Bonchev–Trinajstić information content (AvgIpc) is 3.43. The fraction of sp³-hybridized carbons (Fsp3) is 0.676. The van der Waals surface area contributed by atoms with E-state index in [-0.39, 0.29) is 31.1 Å². The monoisotopic (exact) mass is 1070 g/mol. The standard InChI is InChI=1S/C71H118O6/c1-4-7-10-13-16-19-22-25-28-30-31-32-33-34-35-36-37-38-39-41-43-46-49-52-55-58-61-64-70(73)76-67-68(66-75-69(72)63-60-57-54-51-48-45-42-27-24-21-18-15-12-9-6-3)77-71(74)65-62-59-56-53-50-47-44-40-29-26-23-20-17-14-11-8-5-2/h7,9-10,12,16,18-19,21,25,27-28,31-32,34-35,37-38,41-43,68H,4-6,8,11,13-15,17,20,22-24,26,29-30,33,36,39-40,44-67H2,1-3H3/b10-7-,12-9-,19-16-,21-18-,28-25-,32-31-,35-34-,38-37-,42-27-,43-41-. The van der Waals surface area contributed by atoms with Gasteiger partial charge >= 0.3 is 17.9 Å². The Hall–Kier alpha value is -4.19. The Labute approximate surface area is 475 Å². The molecule has 0 saturated carbocycles. The molecule has 0 heterocycles. The lowest BCUT2D eigenvalue weighted by Gasteiger charge is -2.18. The van der Waals surface area contributed by atoms with Crippen LogP contribution in [0.5, 0.6) is 0 Å². The van der Waals surface area contributed by atoms with Gasteiger partial charge in [0, 0.05) is 19.3 Å². The van der Waals surface area contributed by atoms with E-state index in [9.17, 15) is 14.4 Å². The normalized spacial score (nSPS) is 12.9. The minimum atomic E-state index is -0.796. The summed E-state index contributed by atoms with van der Waals surface area (Å²) >= 11 is 0. The van der Waals surface area contributed by atoms with Gasteiger partial charge in [-0.3, -0.25) is 14.4 Å². The first-order valence-electron chi connectivity index (χ1n) is 32.0. The Morgan fingerprint density at radius 1 is 0.273 bits per heavy atom. The number of allylic oxidation sites excluding steroid dienone is 20. The van der Waals surface area contributed by atoms with Gasteiger partial charge in [0.05, 0.1) is 0 Å². The summed E-state index contributed by atoms with van der Waals surface area (Å²) in [6, 6.07) is 0. The van der Waals surface area contributed by atoms with Crippen molar-refractivity contribution in [1.29, 1.82) is 0 Å². The van der Waals surface area contributed by atoms with Crippen molar-refractivity contribution in [3.63, 3.8) is 0 Å². The van der Waals surface area contributed by atoms with Crippen LogP contribution in [0, 0.1) is 0 Å². The summed E-state index contributed by atoms with van der Waals surface area (Å²) in [5.41, 5.74) is 0. The van der Waals surface area contributed by atoms with Crippen molar-refractivity contribution in [2.45, 2.75) is 297 Å². The zero-order valence-electron chi connectivity index (χ0n) is 50.2. The molecule has 0 aromatic carbocycles. The van der Waals surface area contributed by atoms with Gasteiger partial charge in [-0.1, -0.05) is 284 Å². The van der Waals surface area contributed by atoms with E-state index in [4.69, 9.17) is 14.2 Å². The van der Waals surface area contributed by atoms with Gasteiger partial charge in [0.15, 0.2) is 6.10 Å². The van der Waals surface area contributed by atoms with E-state index >= 15 is 0 Å². The number of unbranched alkanes of at least 4 members (excludes halogenated alkanes) is 26. The van der Waals surface area contributed by atoms with Crippen molar-refractivity contribution in [2.24, 2.45) is 0 Å². The highest BCUT2D eigenvalue weighted by Crippen LogP contribution is 2.16. The van der Waals surface area contributed by atoms with Crippen molar-refractivity contribution in [1.82, 2.24) is 0 Å². The minimum Gasteiger partial charge on any atom is -0.462 e. The second-order valence-corrected chi connectivity index (χ2v) is 20.9. The number of hydrogen-bond donors (Lipinski definition) is 0. The van der Waals surface area contributed by atoms with E-state index in [1.165, 1.54) is 89.9 Å². The number of ether oxygens (including phenoxy) is 3. The molecule has 1 unspecified atom stereocenters. The Bertz CT molecular complexity index is 1600. The first-order chi connectivity index (χ1) is 38.0. The fourth-order valence-electron chi connectivity index (χ4n) is 8.73. The zero-order valence-corrected chi connectivity index (χ0v) is 50.2. The maximum Gasteiger partial charge on any atom is 0.306 e. The van der Waals surface area contributed by atoms with E-state index < -0.39 is 6.10 Å². The highest BCUT2D eigenvalue weighted by atomic mass is 16.6. The molecule has 0 aliphatic heterocycles. The van der Waals surface area contributed by atoms with Crippen LogP contribution < -0.4 is 0 Å². The molecule has 0 N–H and O–H groups in total. The molecule has 0 rings (SSSR count). The SMILES string of the molecule is CC/C=C\C/C=C\C/C=C\C/C=C\C/C=C\C/C=C\C/C=C\CCCCCCCC(=O)OCC(COC(=O)CCCCCCC/C=C\C/C=C\C/C=C\CC)OC(=O)CCCCCCCCCCCCCCCCCCC. The molecule has 0 saturated heterocycles. The molecule has 6 heteroatoms. The van der Waals surface area contributed by atoms with Gasteiger partial charge in [0.25, 0.3) is 0 Å². The smallest absolute Gasteiger partial charge is 0.306 e. The van der Waals surface area contributed by atoms with Gasteiger partial charge in [0.1, 0.15) is 13.2 Å².